The van der Waals surface area contributed by atoms with Gasteiger partial charge in [-0.2, -0.15) is 0 Å². The van der Waals surface area contributed by atoms with Crippen molar-refractivity contribution in [2.45, 2.75) is 83.1 Å². The molecule has 78 heavy (non-hydrogen) atoms. The maximum atomic E-state index is 13.8. The van der Waals surface area contributed by atoms with Crippen LogP contribution < -0.4 is 0 Å². The molecule has 406 valence electrons. The van der Waals surface area contributed by atoms with E-state index in [1.807, 2.05) is 0 Å². The summed E-state index contributed by atoms with van der Waals surface area (Å²) >= 11 is 0. The van der Waals surface area contributed by atoms with Crippen molar-refractivity contribution in [3.8, 4) is 0 Å². The van der Waals surface area contributed by atoms with Gasteiger partial charge in [0.05, 0.1) is 25.7 Å². The Morgan fingerprint density at radius 1 is 0.321 bits per heavy atom. The Hall–Kier alpha value is -9.72. The predicted octanol–water partition coefficient (Wildman–Crippen LogP) is 6.20. The average Bonchev–Trinajstić information content (AvgIpc) is 3.45. The molecule has 5 aromatic carbocycles. The highest BCUT2D eigenvalue weighted by molar-refractivity contribution is 5.94. The molecule has 20 nitrogen and oxygen atoms in total. The van der Waals surface area contributed by atoms with Crippen LogP contribution >= 0.6 is 0 Å². The Morgan fingerprint density at radius 3 is 0.872 bits per heavy atom. The molecular weight excluding hydrogens is 1020 g/mol. The van der Waals surface area contributed by atoms with Crippen molar-refractivity contribution >= 4 is 59.7 Å². The third-order valence-electron chi connectivity index (χ3n) is 10.4. The van der Waals surface area contributed by atoms with Crippen LogP contribution in [0.3, 0.4) is 0 Å². The fourth-order valence-electron chi connectivity index (χ4n) is 6.51. The van der Waals surface area contributed by atoms with Crippen molar-refractivity contribution in [1.82, 2.24) is 0 Å². The summed E-state index contributed by atoms with van der Waals surface area (Å²) in [6.45, 7) is 1.68. The number of hydrogen-bond acceptors (Lipinski definition) is 20. The first-order valence-electron chi connectivity index (χ1n) is 24.0. The van der Waals surface area contributed by atoms with Gasteiger partial charge in [0.25, 0.3) is 0 Å². The Kier molecular flexibility index (Phi) is 24.7. The van der Waals surface area contributed by atoms with Crippen LogP contribution in [0.1, 0.15) is 53.5 Å². The summed E-state index contributed by atoms with van der Waals surface area (Å²) in [7, 11) is 0. The maximum absolute atomic E-state index is 13.8. The minimum atomic E-state index is -2.19. The lowest BCUT2D eigenvalue weighted by Crippen LogP contribution is -2.38. The molecule has 20 heteroatoms. The van der Waals surface area contributed by atoms with E-state index in [4.69, 9.17) is 47.4 Å². The summed E-state index contributed by atoms with van der Waals surface area (Å²) in [5.74, 6) is -12.5. The highest BCUT2D eigenvalue weighted by Crippen LogP contribution is 2.17. The van der Waals surface area contributed by atoms with Gasteiger partial charge in [-0.3, -0.25) is 19.2 Å². The highest BCUT2D eigenvalue weighted by Gasteiger charge is 2.37. The number of carbonyl (C=O) groups is 10. The number of esters is 10. The molecule has 5 aromatic rings. The van der Waals surface area contributed by atoms with E-state index in [1.54, 1.807) is 152 Å². The number of ether oxygens (including phenoxy) is 10. The largest absolute Gasteiger partial charge is 0.461 e. The molecule has 0 saturated carbocycles. The monoisotopic (exact) mass is 1070 g/mol. The second kappa shape index (κ2) is 32.6. The molecule has 0 saturated heterocycles. The predicted molar refractivity (Wildman–Crippen MR) is 269 cm³/mol. The van der Waals surface area contributed by atoms with Gasteiger partial charge >= 0.3 is 59.7 Å². The second-order valence-electron chi connectivity index (χ2n) is 16.4. The number of hydrogen-bond donors (Lipinski definition) is 0. The minimum absolute atomic E-state index is 0.127. The molecule has 0 unspecified atom stereocenters. The van der Waals surface area contributed by atoms with E-state index in [9.17, 15) is 47.9 Å². The SMILES string of the molecule is C=CCOC(=O)C[C@H](OC(=O)C[C@H](OC(=O)C[C@H](OC(=O)C[C@H](OC(=O)/C=C/C(=O)OCc1ccccc1)C(=O)OCc1ccccc1)C(=O)OCc1ccccc1)C(=O)OCc1ccccc1)C(=O)OCc1ccccc1. The molecule has 5 rings (SSSR count). The second-order valence-corrected chi connectivity index (χ2v) is 16.4. The smallest absolute Gasteiger partial charge is 0.348 e. The first-order chi connectivity index (χ1) is 37.7. The quantitative estimate of drug-likeness (QED) is 0.0214. The van der Waals surface area contributed by atoms with Gasteiger partial charge in [0, 0.05) is 12.2 Å². The Balaban J connectivity index is 1.34. The van der Waals surface area contributed by atoms with Gasteiger partial charge in [0.1, 0.15) is 39.6 Å². The minimum Gasteiger partial charge on any atom is -0.461 e. The summed E-state index contributed by atoms with van der Waals surface area (Å²) < 4.78 is 52.7. The molecule has 0 heterocycles. The zero-order chi connectivity index (χ0) is 55.9. The Morgan fingerprint density at radius 2 is 0.577 bits per heavy atom. The lowest BCUT2D eigenvalue weighted by Gasteiger charge is -2.21. The summed E-state index contributed by atoms with van der Waals surface area (Å²) in [5.41, 5.74) is 2.68. The molecular formula is C58H54O20. The molecule has 0 bridgehead atoms. The molecule has 0 aromatic heterocycles. The normalized spacial score (nSPS) is 12.2. The van der Waals surface area contributed by atoms with Crippen LogP contribution in [0.2, 0.25) is 0 Å². The molecule has 0 aliphatic heterocycles. The van der Waals surface area contributed by atoms with Crippen LogP contribution in [0.15, 0.2) is 176 Å². The summed E-state index contributed by atoms with van der Waals surface area (Å²) in [6.07, 6.45) is -10.0. The van der Waals surface area contributed by atoms with Crippen LogP contribution in [0.5, 0.6) is 0 Å². The fraction of sp³-hybridized carbons (Fsp3) is 0.241. The number of carbonyl (C=O) groups excluding carboxylic acids is 10. The van der Waals surface area contributed by atoms with Gasteiger partial charge in [-0.25, -0.2) is 28.8 Å². The zero-order valence-corrected chi connectivity index (χ0v) is 41.9. The molecule has 0 radical (unpaired) electrons. The van der Waals surface area contributed by atoms with Gasteiger partial charge < -0.3 is 47.4 Å². The maximum Gasteiger partial charge on any atom is 0.348 e. The third kappa shape index (κ3) is 22.4. The zero-order valence-electron chi connectivity index (χ0n) is 41.9. The molecule has 4 atom stereocenters. The lowest BCUT2D eigenvalue weighted by molar-refractivity contribution is -0.183. The van der Waals surface area contributed by atoms with Crippen LogP contribution in [0.4, 0.5) is 0 Å². The van der Waals surface area contributed by atoms with Gasteiger partial charge in [-0.05, 0) is 27.8 Å². The fourth-order valence-corrected chi connectivity index (χ4v) is 6.51. The van der Waals surface area contributed by atoms with Crippen molar-refractivity contribution in [3.63, 3.8) is 0 Å². The first kappa shape index (κ1) is 59.2. The molecule has 0 spiro atoms. The van der Waals surface area contributed by atoms with Gasteiger partial charge in [-0.15, -0.1) is 0 Å². The van der Waals surface area contributed by atoms with E-state index in [0.717, 1.165) is 6.08 Å². The highest BCUT2D eigenvalue weighted by atomic mass is 16.6. The molecule has 0 aliphatic carbocycles. The topological polar surface area (TPSA) is 263 Å². The van der Waals surface area contributed by atoms with Gasteiger partial charge in [-0.1, -0.05) is 164 Å². The third-order valence-corrected chi connectivity index (χ3v) is 10.4. The molecule has 0 fully saturated rings. The van der Waals surface area contributed by atoms with Crippen LogP contribution in [-0.4, -0.2) is 90.7 Å². The van der Waals surface area contributed by atoms with Gasteiger partial charge in [0.2, 0.25) is 24.4 Å². The molecule has 0 aliphatic rings. The standard InChI is InChI=1S/C58H54O20/c1-2-30-69-51(61)31-45(55(65)71-36-41-20-10-4-11-21-41)76-53(63)33-47(57(67)73-38-43-24-14-6-15-25-43)78-54(64)34-48(58(68)74-39-44-26-16-7-17-27-44)77-52(62)32-46(56(66)72-37-42-22-12-5-13-23-42)75-50(60)29-28-49(59)70-35-40-18-8-3-9-19-40/h2-29,45-48H,1,30-39H2/b29-28+/t45-,46-,47-,48-/m0/s1. The van der Waals surface area contributed by atoms with Crippen molar-refractivity contribution < 1.29 is 95.3 Å². The number of rotatable bonds is 30. The van der Waals surface area contributed by atoms with Crippen LogP contribution in [0, 0.1) is 0 Å². The van der Waals surface area contributed by atoms with Gasteiger partial charge in [0.15, 0.2) is 0 Å². The van der Waals surface area contributed by atoms with E-state index >= 15 is 0 Å². The first-order valence-corrected chi connectivity index (χ1v) is 24.0. The number of benzene rings is 5. The molecule has 0 N–H and O–H groups in total. The van der Waals surface area contributed by atoms with Crippen molar-refractivity contribution in [2.24, 2.45) is 0 Å². The Labute approximate surface area is 447 Å². The summed E-state index contributed by atoms with van der Waals surface area (Å²) in [6, 6.07) is 41.7. The van der Waals surface area contributed by atoms with E-state index in [1.165, 1.54) is 6.08 Å². The van der Waals surface area contributed by atoms with E-state index < -0.39 is 116 Å². The van der Waals surface area contributed by atoms with Crippen molar-refractivity contribution in [1.29, 1.82) is 0 Å². The summed E-state index contributed by atoms with van der Waals surface area (Å²) in [4.78, 5) is 133. The van der Waals surface area contributed by atoms with E-state index in [-0.39, 0.29) is 33.0 Å². The van der Waals surface area contributed by atoms with Crippen molar-refractivity contribution in [2.75, 3.05) is 6.61 Å². The van der Waals surface area contributed by atoms with Crippen LogP contribution in [0.25, 0.3) is 0 Å². The lowest BCUT2D eigenvalue weighted by atomic mass is 10.2. The average molecular weight is 1070 g/mol. The van der Waals surface area contributed by atoms with E-state index in [2.05, 4.69) is 6.58 Å². The van der Waals surface area contributed by atoms with E-state index in [0.29, 0.717) is 33.9 Å². The van der Waals surface area contributed by atoms with Crippen LogP contribution in [-0.2, 0) is 128 Å². The molecule has 0 amide bonds. The van der Waals surface area contributed by atoms with Crippen molar-refractivity contribution in [3.05, 3.63) is 204 Å². The Bertz CT molecular complexity index is 2820. The summed E-state index contributed by atoms with van der Waals surface area (Å²) in [5, 5.41) is 0.